The summed E-state index contributed by atoms with van der Waals surface area (Å²) >= 11 is 0. The van der Waals surface area contributed by atoms with Gasteiger partial charge in [-0.2, -0.15) is 0 Å². The number of rotatable bonds is 19. The van der Waals surface area contributed by atoms with Crippen molar-refractivity contribution < 1.29 is 14.7 Å². The molecule has 1 atom stereocenters. The van der Waals surface area contributed by atoms with E-state index in [2.05, 4.69) is 22.0 Å². The molecule has 3 N–H and O–H groups in total. The van der Waals surface area contributed by atoms with Crippen molar-refractivity contribution in [2.45, 2.75) is 96.4 Å². The van der Waals surface area contributed by atoms with Crippen molar-refractivity contribution in [2.75, 3.05) is 36.0 Å². The molecule has 1 fully saturated rings. The number of carbonyl (C=O) groups is 2. The number of nitrogens with zero attached hydrogens (tertiary/aromatic N) is 4. The Labute approximate surface area is 267 Å². The number of hydrogen-bond donors (Lipinski definition) is 2. The van der Waals surface area contributed by atoms with Gasteiger partial charge < -0.3 is 25.2 Å². The van der Waals surface area contributed by atoms with Crippen molar-refractivity contribution in [1.29, 1.82) is 0 Å². The molecule has 1 amide bonds. The van der Waals surface area contributed by atoms with Gasteiger partial charge in [0.15, 0.2) is 0 Å². The predicted octanol–water partition coefficient (Wildman–Crippen LogP) is 6.37. The van der Waals surface area contributed by atoms with E-state index in [1.165, 1.54) is 68.2 Å². The summed E-state index contributed by atoms with van der Waals surface area (Å²) in [5.41, 5.74) is 6.79. The number of nitrogens with two attached hydrogens (primary N) is 1. The average Bonchev–Trinajstić information content (AvgIpc) is 3.05. The highest BCUT2D eigenvalue weighted by atomic mass is 16.4. The van der Waals surface area contributed by atoms with Crippen LogP contribution in [0.4, 0.5) is 11.4 Å². The maximum absolute atomic E-state index is 14.2. The standard InChI is InChI=1S/C36H51N5O4/c37-21-13-9-7-5-3-1-2-4-6-8-10-14-23-41(31-19-20-34(42)40(27-31)28-35(43)44)36(45)30-17-15-22-39(26-30)33-25-38-24-29-16-11-12-18-32(29)33/h11-12,16,18-20,24-25,27,30H,1-10,13-15,17,21-23,26,28,37H2,(H,43,44)/t30-/m0/s1. The molecular weight excluding hydrogens is 566 g/mol. The van der Waals surface area contributed by atoms with Crippen LogP contribution in [0.3, 0.4) is 0 Å². The number of carboxylic acid groups (broad SMARTS) is 1. The molecule has 0 spiro atoms. The number of unbranched alkanes of at least 4 members (excludes halogenated alkanes) is 11. The Morgan fingerprint density at radius 1 is 0.889 bits per heavy atom. The lowest BCUT2D eigenvalue weighted by molar-refractivity contribution is -0.137. The van der Waals surface area contributed by atoms with Gasteiger partial charge in [0.1, 0.15) is 6.54 Å². The smallest absolute Gasteiger partial charge is 0.323 e. The Balaban J connectivity index is 1.36. The summed E-state index contributed by atoms with van der Waals surface area (Å²) in [7, 11) is 0. The lowest BCUT2D eigenvalue weighted by Crippen LogP contribution is -2.45. The number of piperidine rings is 1. The van der Waals surface area contributed by atoms with E-state index in [4.69, 9.17) is 5.73 Å². The van der Waals surface area contributed by atoms with Crippen LogP contribution in [0.15, 0.2) is 59.8 Å². The maximum atomic E-state index is 14.2. The number of carboxylic acids is 1. The minimum atomic E-state index is -1.09. The van der Waals surface area contributed by atoms with E-state index in [-0.39, 0.29) is 11.8 Å². The van der Waals surface area contributed by atoms with Gasteiger partial charge in [0.25, 0.3) is 5.56 Å². The number of aromatic nitrogens is 2. The van der Waals surface area contributed by atoms with E-state index in [1.807, 2.05) is 24.5 Å². The molecule has 0 bridgehead atoms. The van der Waals surface area contributed by atoms with Crippen molar-refractivity contribution in [3.63, 3.8) is 0 Å². The zero-order valence-corrected chi connectivity index (χ0v) is 26.7. The van der Waals surface area contributed by atoms with Gasteiger partial charge in [0, 0.05) is 48.9 Å². The fourth-order valence-electron chi connectivity index (χ4n) is 6.47. The fourth-order valence-corrected chi connectivity index (χ4v) is 6.47. The molecule has 4 rings (SSSR count). The molecule has 0 radical (unpaired) electrons. The zero-order chi connectivity index (χ0) is 31.9. The Morgan fingerprint density at radius 3 is 2.24 bits per heavy atom. The van der Waals surface area contributed by atoms with Gasteiger partial charge in [0.2, 0.25) is 5.91 Å². The number of benzene rings is 1. The van der Waals surface area contributed by atoms with Gasteiger partial charge in [-0.25, -0.2) is 0 Å². The molecule has 3 aromatic rings. The second-order valence-electron chi connectivity index (χ2n) is 12.4. The first-order valence-corrected chi connectivity index (χ1v) is 17.0. The Bertz CT molecular complexity index is 1420. The molecule has 2 aromatic heterocycles. The third-order valence-electron chi connectivity index (χ3n) is 8.95. The maximum Gasteiger partial charge on any atom is 0.323 e. The van der Waals surface area contributed by atoms with Crippen LogP contribution in [0.5, 0.6) is 0 Å². The fraction of sp³-hybridized carbons (Fsp3) is 0.556. The zero-order valence-electron chi connectivity index (χ0n) is 26.7. The normalized spacial score (nSPS) is 15.0. The topological polar surface area (TPSA) is 122 Å². The number of carbonyl (C=O) groups excluding carboxylic acids is 1. The molecule has 9 heteroatoms. The minimum absolute atomic E-state index is 0.0277. The van der Waals surface area contributed by atoms with E-state index >= 15 is 0 Å². The second-order valence-corrected chi connectivity index (χ2v) is 12.4. The van der Waals surface area contributed by atoms with Crippen LogP contribution in [0, 0.1) is 5.92 Å². The molecule has 1 aliphatic rings. The molecule has 1 saturated heterocycles. The average molecular weight is 618 g/mol. The van der Waals surface area contributed by atoms with Crippen LogP contribution < -0.4 is 21.1 Å². The Hall–Kier alpha value is -3.72. The van der Waals surface area contributed by atoms with E-state index in [0.717, 1.165) is 68.1 Å². The predicted molar refractivity (Wildman–Crippen MR) is 182 cm³/mol. The number of hydrogen-bond acceptors (Lipinski definition) is 6. The third-order valence-corrected chi connectivity index (χ3v) is 8.95. The monoisotopic (exact) mass is 617 g/mol. The molecule has 1 aromatic carbocycles. The quantitative estimate of drug-likeness (QED) is 0.150. The van der Waals surface area contributed by atoms with Gasteiger partial charge in [-0.3, -0.25) is 19.4 Å². The number of pyridine rings is 2. The summed E-state index contributed by atoms with van der Waals surface area (Å²) in [6.45, 7) is 2.35. The van der Waals surface area contributed by atoms with Gasteiger partial charge in [-0.05, 0) is 38.3 Å². The summed E-state index contributed by atoms with van der Waals surface area (Å²) in [4.78, 5) is 46.5. The molecular formula is C36H51N5O4. The Kier molecular flexibility index (Phi) is 13.9. The van der Waals surface area contributed by atoms with E-state index < -0.39 is 18.1 Å². The number of amides is 1. The first-order chi connectivity index (χ1) is 22.0. The van der Waals surface area contributed by atoms with Gasteiger partial charge in [-0.15, -0.1) is 0 Å². The van der Waals surface area contributed by atoms with E-state index in [9.17, 15) is 19.5 Å². The summed E-state index contributed by atoms with van der Waals surface area (Å²) in [5, 5.41) is 11.5. The van der Waals surface area contributed by atoms with Crippen molar-refractivity contribution in [1.82, 2.24) is 9.55 Å². The first-order valence-electron chi connectivity index (χ1n) is 17.0. The molecule has 0 aliphatic carbocycles. The summed E-state index contributed by atoms with van der Waals surface area (Å²) in [5.74, 6) is -1.28. The summed E-state index contributed by atoms with van der Waals surface area (Å²) in [6, 6.07) is 11.2. The van der Waals surface area contributed by atoms with Crippen molar-refractivity contribution in [3.05, 3.63) is 65.3 Å². The van der Waals surface area contributed by atoms with Crippen LogP contribution in [0.25, 0.3) is 10.8 Å². The van der Waals surface area contributed by atoms with Crippen molar-refractivity contribution in [3.8, 4) is 0 Å². The molecule has 3 heterocycles. The Morgan fingerprint density at radius 2 is 1.56 bits per heavy atom. The number of fused-ring (bicyclic) bond motifs is 1. The molecule has 45 heavy (non-hydrogen) atoms. The van der Waals surface area contributed by atoms with Gasteiger partial charge in [0.05, 0.1) is 23.5 Å². The highest BCUT2D eigenvalue weighted by molar-refractivity contribution is 5.96. The van der Waals surface area contributed by atoms with E-state index in [0.29, 0.717) is 18.8 Å². The van der Waals surface area contributed by atoms with Gasteiger partial charge in [-0.1, -0.05) is 88.5 Å². The lowest BCUT2D eigenvalue weighted by Gasteiger charge is -2.36. The van der Waals surface area contributed by atoms with Gasteiger partial charge >= 0.3 is 5.97 Å². The highest BCUT2D eigenvalue weighted by Gasteiger charge is 2.31. The van der Waals surface area contributed by atoms with Crippen LogP contribution in [-0.2, 0) is 16.1 Å². The van der Waals surface area contributed by atoms with Crippen LogP contribution in [0.1, 0.15) is 89.9 Å². The minimum Gasteiger partial charge on any atom is -0.480 e. The largest absolute Gasteiger partial charge is 0.480 e. The summed E-state index contributed by atoms with van der Waals surface area (Å²) in [6.07, 6.45) is 21.3. The number of aliphatic carboxylic acids is 1. The molecule has 9 nitrogen and oxygen atoms in total. The molecule has 0 unspecified atom stereocenters. The first kappa shape index (κ1) is 34.2. The lowest BCUT2D eigenvalue weighted by atomic mass is 9.95. The number of anilines is 2. The third kappa shape index (κ3) is 10.4. The van der Waals surface area contributed by atoms with Crippen molar-refractivity contribution in [2.24, 2.45) is 11.7 Å². The SMILES string of the molecule is NCCCCCCCCCCCCCCN(C(=O)[C@H]1CCCN(c2cncc3ccccc23)C1)c1ccc(=O)n(CC(=O)O)c1. The van der Waals surface area contributed by atoms with E-state index in [1.54, 1.807) is 11.0 Å². The summed E-state index contributed by atoms with van der Waals surface area (Å²) < 4.78 is 1.17. The molecule has 0 saturated carbocycles. The molecule has 244 valence electrons. The molecule has 1 aliphatic heterocycles. The van der Waals surface area contributed by atoms with Crippen LogP contribution in [-0.4, -0.2) is 52.7 Å². The van der Waals surface area contributed by atoms with Crippen LogP contribution in [0.2, 0.25) is 0 Å². The van der Waals surface area contributed by atoms with Crippen molar-refractivity contribution >= 4 is 34.0 Å². The highest BCUT2D eigenvalue weighted by Crippen LogP contribution is 2.31. The van der Waals surface area contributed by atoms with Crippen LogP contribution >= 0.6 is 0 Å². The second kappa shape index (κ2) is 18.3.